The third-order valence-corrected chi connectivity index (χ3v) is 20.4. The molecule has 3 aromatic heterocycles. The molecule has 113 heavy (non-hydrogen) atoms. The molecule has 0 unspecified atom stereocenters. The third-order valence-electron chi connectivity index (χ3n) is 15.1. The number of carboxylic acid groups (broad SMARTS) is 1. The van der Waals surface area contributed by atoms with Crippen LogP contribution in [0, 0.1) is 18.6 Å². The zero-order chi connectivity index (χ0) is 81.9. The summed E-state index contributed by atoms with van der Waals surface area (Å²) in [5, 5.41) is 59.6. The van der Waals surface area contributed by atoms with Crippen molar-refractivity contribution < 1.29 is 74.9 Å². The van der Waals surface area contributed by atoms with Gasteiger partial charge in [0, 0.05) is 66.1 Å². The van der Waals surface area contributed by atoms with Crippen LogP contribution in [0.5, 0.6) is 0 Å². The van der Waals surface area contributed by atoms with Gasteiger partial charge in [0.05, 0.1) is 11.5 Å². The van der Waals surface area contributed by atoms with Gasteiger partial charge in [-0.1, -0.05) is 223 Å². The van der Waals surface area contributed by atoms with E-state index >= 15 is 0 Å². The minimum atomic E-state index is -1.05. The SMILES string of the molecule is CN1N=C(C(=O)Nc2ccc(Cc3cccc(F)c3)nn2)CCC1=O.CN1N=C(C(=O)Nc2ccc(Cl)nn2)CCC1=O.CN1N=C(C(=O)O)CCC1=O.Nc1ccc(Cl)nn1.[CH2-]c1cccc(F)c1.[Cl][Pd][Cl].[Zn+][Br].c1ccc(P(c2ccccc2)c2ccccc2)cc1.c1ccc(P(c2ccccc2)c2ccccc2)cc1. The molecule has 8 aromatic carbocycles. The molecule has 0 fully saturated rings. The molecule has 0 radical (unpaired) electrons. The van der Waals surface area contributed by atoms with Gasteiger partial charge in [0.15, 0.2) is 21.9 Å². The van der Waals surface area contributed by atoms with Gasteiger partial charge in [-0.05, 0) is 102 Å². The Morgan fingerprint density at radius 1 is 0.460 bits per heavy atom. The number of carboxylic acids is 1. The monoisotopic (exact) mass is 1850 g/mol. The molecule has 3 aliphatic heterocycles. The van der Waals surface area contributed by atoms with E-state index in [9.17, 15) is 37.5 Å². The molecular formula is C80H74BrCl4F2N15O7P2PdZn. The number of amides is 5. The second kappa shape index (κ2) is 51.0. The number of hydrogen-bond donors (Lipinski definition) is 4. The molecule has 582 valence electrons. The van der Waals surface area contributed by atoms with E-state index in [1.165, 1.54) is 106 Å². The largest absolute Gasteiger partial charge is 0.0622 e. The van der Waals surface area contributed by atoms with Crippen molar-refractivity contribution in [1.29, 1.82) is 0 Å². The van der Waals surface area contributed by atoms with Gasteiger partial charge >= 0.3 is 70.9 Å². The number of nitrogen functional groups attached to an aromatic ring is 1. The van der Waals surface area contributed by atoms with Gasteiger partial charge in [0.2, 0.25) is 17.7 Å². The maximum Gasteiger partial charge on any atom is -0.0134 e. The second-order valence-corrected chi connectivity index (χ2v) is 30.8. The molecule has 0 saturated heterocycles. The summed E-state index contributed by atoms with van der Waals surface area (Å²) < 4.78 is 25.3. The summed E-state index contributed by atoms with van der Waals surface area (Å²) in [6.45, 7) is 3.54. The number of aromatic nitrogens is 6. The number of halogens is 7. The molecule has 0 spiro atoms. The Balaban J connectivity index is 0.000000209. The van der Waals surface area contributed by atoms with Crippen molar-refractivity contribution in [2.75, 3.05) is 37.5 Å². The van der Waals surface area contributed by atoms with Gasteiger partial charge in [0.1, 0.15) is 28.8 Å². The van der Waals surface area contributed by atoms with E-state index in [-0.39, 0.29) is 105 Å². The number of rotatable bonds is 13. The van der Waals surface area contributed by atoms with Crippen molar-refractivity contribution in [3.8, 4) is 0 Å². The zero-order valence-electron chi connectivity index (χ0n) is 61.0. The number of benzene rings is 8. The Hall–Kier alpha value is -9.85. The van der Waals surface area contributed by atoms with Crippen LogP contribution >= 0.6 is 71.7 Å². The van der Waals surface area contributed by atoms with Gasteiger partial charge in [-0.15, -0.1) is 37.6 Å². The first kappa shape index (κ1) is 92.0. The molecule has 14 rings (SSSR count). The standard InChI is InChI=1S/2C18H15P.C17H16FN5O2.C10H10ClN5O2.C7H6F.C6H8N2O3.C4H4ClN3.BrH.2ClH.Pd.Zn/c2*1-4-10-16(11-5-1)19(17-12-6-2-7-13-17)18-14-8-3-9-15-18;1-23-16(24)8-6-14(22-23)17(25)19-15-7-5-13(20-21-15)10-11-3-2-4-12(18)9-11;1-16-9(17)5-2-6(15-16)10(18)12-8-4-3-7(11)13-14-8;1-6-3-2-4-7(8)5-6;1-8-5(9)3-2-4(7-8)6(10)11;5-3-1-2-4(6)8-7-3;;;;;/h2*1-15H;2-5,7,9H,6,8,10H2,1H3,(H,19,21,25);3-4H,2,5H2,1H3,(H,12,14,18);2-5H,1H2;2-3H2,1H3,(H,10,11);1-2H,(H2,6,8);3*1H;;/q;;;;-1;;;;;;2*+2/p-3. The van der Waals surface area contributed by atoms with Crippen molar-refractivity contribution in [3.63, 3.8) is 0 Å². The second-order valence-electron chi connectivity index (χ2n) is 23.2. The van der Waals surface area contributed by atoms with E-state index in [0.29, 0.717) is 41.5 Å². The Morgan fingerprint density at radius 2 is 0.788 bits per heavy atom. The Kier molecular flexibility index (Phi) is 41.5. The number of hydrogen-bond acceptors (Lipinski definition) is 16. The number of hydrazone groups is 3. The summed E-state index contributed by atoms with van der Waals surface area (Å²) in [6.07, 6.45) is 2.05. The van der Waals surface area contributed by atoms with Crippen molar-refractivity contribution in [2.24, 2.45) is 15.3 Å². The molecule has 0 atom stereocenters. The smallest absolute Gasteiger partial charge is 0.0134 e. The summed E-state index contributed by atoms with van der Waals surface area (Å²) in [4.78, 5) is 67.7. The first-order valence-electron chi connectivity index (χ1n) is 33.8. The topological polar surface area (TPSA) is 297 Å². The minimum absolute atomic E-state index is 0.0482. The molecule has 0 aliphatic carbocycles. The number of anilines is 3. The molecule has 33 heteroatoms. The van der Waals surface area contributed by atoms with Crippen LogP contribution in [0.3, 0.4) is 0 Å². The predicted octanol–water partition coefficient (Wildman–Crippen LogP) is 13.9. The van der Waals surface area contributed by atoms with Crippen molar-refractivity contribution in [3.05, 3.63) is 313 Å². The van der Waals surface area contributed by atoms with Gasteiger partial charge in [-0.25, -0.2) is 28.6 Å². The van der Waals surface area contributed by atoms with E-state index in [1.807, 2.05) is 0 Å². The molecular weight excluding hydrogens is 1780 g/mol. The fraction of sp³-hybridized carbons (Fsp3) is 0.125. The van der Waals surface area contributed by atoms with E-state index < -0.39 is 33.6 Å². The van der Waals surface area contributed by atoms with Gasteiger partial charge < -0.3 is 21.5 Å². The van der Waals surface area contributed by atoms with Crippen LogP contribution in [0.4, 0.5) is 26.2 Å². The Labute approximate surface area is 698 Å². The number of aliphatic carboxylic acids is 1. The van der Waals surface area contributed by atoms with Crippen LogP contribution in [0.25, 0.3) is 0 Å². The average molecular weight is 1850 g/mol. The molecule has 0 saturated carbocycles. The van der Waals surface area contributed by atoms with Crippen LogP contribution in [0.1, 0.15) is 55.3 Å². The van der Waals surface area contributed by atoms with Crippen LogP contribution in [-0.2, 0) is 67.5 Å². The molecule has 5 N–H and O–H groups in total. The molecule has 0 bridgehead atoms. The maximum atomic E-state index is 13.2. The van der Waals surface area contributed by atoms with Gasteiger partial charge in [0.25, 0.3) is 11.8 Å². The van der Waals surface area contributed by atoms with Crippen molar-refractivity contribution in [2.45, 2.75) is 44.9 Å². The fourth-order valence-corrected chi connectivity index (χ4v) is 14.7. The Bertz CT molecular complexity index is 4540. The Morgan fingerprint density at radius 3 is 1.07 bits per heavy atom. The molecule has 11 aromatic rings. The normalized spacial score (nSPS) is 12.5. The van der Waals surface area contributed by atoms with E-state index in [2.05, 4.69) is 259 Å². The zero-order valence-corrected chi connectivity index (χ0v) is 71.9. The minimum Gasteiger partial charge on any atom is -0.0622 e. The number of nitrogens with zero attached hydrogens (tertiary/aromatic N) is 12. The maximum absolute atomic E-state index is 13.2. The van der Waals surface area contributed by atoms with Crippen LogP contribution in [-0.4, -0.2) is 125 Å². The van der Waals surface area contributed by atoms with E-state index in [0.717, 1.165) is 20.6 Å². The van der Waals surface area contributed by atoms with Gasteiger partial charge in [-0.3, -0.25) is 24.0 Å². The van der Waals surface area contributed by atoms with Crippen molar-refractivity contribution >= 4 is 174 Å². The van der Waals surface area contributed by atoms with Crippen LogP contribution in [0.2, 0.25) is 10.3 Å². The predicted molar refractivity (Wildman–Crippen MR) is 445 cm³/mol. The number of carbonyl (C=O) groups is 6. The molecule has 22 nitrogen and oxygen atoms in total. The number of nitrogens with one attached hydrogen (secondary N) is 2. The molecule has 5 amide bonds. The fourth-order valence-electron chi connectivity index (χ4n) is 9.85. The average Bonchev–Trinajstić information content (AvgIpc) is 0.832. The summed E-state index contributed by atoms with van der Waals surface area (Å²) in [7, 11) is 13.2. The quantitative estimate of drug-likeness (QED) is 0.0474. The first-order chi connectivity index (χ1) is 54.6. The van der Waals surface area contributed by atoms with Crippen LogP contribution in [0.15, 0.2) is 282 Å². The third kappa shape index (κ3) is 33.4. The summed E-state index contributed by atoms with van der Waals surface area (Å²) >= 11 is 15.1. The number of carbonyl (C=O) groups excluding carboxylic acids is 5. The van der Waals surface area contributed by atoms with Gasteiger partial charge in [-0.2, -0.15) is 39.0 Å². The summed E-state index contributed by atoms with van der Waals surface area (Å²) in [6, 6.07) is 86.7. The van der Waals surface area contributed by atoms with E-state index in [1.54, 1.807) is 48.5 Å². The van der Waals surface area contributed by atoms with E-state index in [4.69, 9.17) is 53.1 Å². The first-order valence-corrected chi connectivity index (χ1v) is 48.2. The summed E-state index contributed by atoms with van der Waals surface area (Å²) in [5.74, 6) is -1.81. The summed E-state index contributed by atoms with van der Waals surface area (Å²) in [5.41, 5.74) is 7.96. The van der Waals surface area contributed by atoms with Crippen molar-refractivity contribution in [1.82, 2.24) is 45.6 Å². The molecule has 3 aliphatic rings. The molecule has 6 heterocycles. The number of nitrogens with two attached hydrogens (primary N) is 1. The van der Waals surface area contributed by atoms with Crippen LogP contribution < -0.4 is 48.2 Å².